The molecule has 4 aliphatic rings. The van der Waals surface area contributed by atoms with Crippen LogP contribution in [0.3, 0.4) is 0 Å². The van der Waals surface area contributed by atoms with E-state index in [-0.39, 0.29) is 0 Å². The molecule has 0 atom stereocenters. The van der Waals surface area contributed by atoms with E-state index in [4.69, 9.17) is 0 Å². The van der Waals surface area contributed by atoms with Gasteiger partial charge in [-0.2, -0.15) is 0 Å². The minimum Gasteiger partial charge on any atom is -0.237 e. The Hall–Kier alpha value is -0.160. The Morgan fingerprint density at radius 3 is 0.917 bits per heavy atom. The van der Waals surface area contributed by atoms with E-state index in [0.29, 0.717) is 0 Å². The molecule has 4 nitrogen and oxygen atoms in total. The monoisotopic (exact) mass is 172 g/mol. The van der Waals surface area contributed by atoms with E-state index in [0.717, 1.165) is 0 Å². The van der Waals surface area contributed by atoms with Crippen molar-refractivity contribution in [3.05, 3.63) is 0 Å². The molecule has 0 spiro atoms. The Kier molecular flexibility index (Phi) is 1.61. The zero-order valence-corrected chi connectivity index (χ0v) is 7.66. The Bertz CT molecular complexity index is 136. The van der Waals surface area contributed by atoms with Crippen molar-refractivity contribution in [1.29, 1.82) is 0 Å². The molecule has 0 unspecified atom stereocenters. The molecule has 0 aromatic rings. The van der Waals surface area contributed by atoms with Crippen molar-refractivity contribution in [2.75, 3.05) is 52.9 Å². The normalized spacial score (nSPS) is 52.0. The van der Waals surface area contributed by atoms with E-state index < -0.39 is 0 Å². The smallest absolute Gasteiger partial charge is 0.213 e. The standard InChI is InChI=1S/C8H16N4/c1-2-10-7-11-3-4-12(8-10)6-9(1)5-11/h1-8H2/p+4. The highest BCUT2D eigenvalue weighted by molar-refractivity contribution is 4.33. The van der Waals surface area contributed by atoms with Gasteiger partial charge in [0, 0.05) is 0 Å². The Morgan fingerprint density at radius 1 is 0.417 bits per heavy atom. The summed E-state index contributed by atoms with van der Waals surface area (Å²) in [6.07, 6.45) is 0. The summed E-state index contributed by atoms with van der Waals surface area (Å²) >= 11 is 0. The lowest BCUT2D eigenvalue weighted by Gasteiger charge is -2.20. The predicted octanol–water partition coefficient (Wildman–Crippen LogP) is -6.60. The molecule has 4 fully saturated rings. The molecule has 4 N–H and O–H groups in total. The topological polar surface area (TPSA) is 17.8 Å². The summed E-state index contributed by atoms with van der Waals surface area (Å²) in [4.78, 5) is 7.41. The molecule has 0 aromatic heterocycles. The summed E-state index contributed by atoms with van der Waals surface area (Å²) in [5, 5.41) is 0. The van der Waals surface area contributed by atoms with Gasteiger partial charge in [0.2, 0.25) is 26.7 Å². The second kappa shape index (κ2) is 2.67. The highest BCUT2D eigenvalue weighted by Crippen LogP contribution is 1.59. The van der Waals surface area contributed by atoms with Crippen LogP contribution < -0.4 is 19.6 Å². The molecule has 0 aromatic carbocycles. The third-order valence-electron chi connectivity index (χ3n) is 3.66. The maximum atomic E-state index is 1.85. The van der Waals surface area contributed by atoms with Gasteiger partial charge in [-0.1, -0.05) is 0 Å². The zero-order chi connectivity index (χ0) is 7.97. The molecule has 0 radical (unpaired) electrons. The second-order valence-corrected chi connectivity index (χ2v) is 4.71. The second-order valence-electron chi connectivity index (χ2n) is 4.71. The van der Waals surface area contributed by atoms with Gasteiger partial charge >= 0.3 is 0 Å². The van der Waals surface area contributed by atoms with Crippen LogP contribution in [0.1, 0.15) is 0 Å². The van der Waals surface area contributed by atoms with Gasteiger partial charge in [0.25, 0.3) is 0 Å². The van der Waals surface area contributed by atoms with Crippen LogP contribution in [0, 0.1) is 0 Å². The summed E-state index contributed by atoms with van der Waals surface area (Å²) in [6, 6.07) is 0. The van der Waals surface area contributed by atoms with Gasteiger partial charge in [0.05, 0.1) is 0 Å². The van der Waals surface area contributed by atoms with Crippen LogP contribution in [0.25, 0.3) is 0 Å². The van der Waals surface area contributed by atoms with Gasteiger partial charge in [0.1, 0.15) is 26.2 Å². The number of quaternary nitrogens is 4. The molecular formula is C8H20N4+4. The SMILES string of the molecule is C1C[NH+]2C[NH+]3CC[NH+](C[NH+]1C3)C2. The lowest BCUT2D eigenvalue weighted by Crippen LogP contribution is -3.43. The van der Waals surface area contributed by atoms with Crippen LogP contribution in [0.5, 0.6) is 0 Å². The van der Waals surface area contributed by atoms with Crippen molar-refractivity contribution in [3.8, 4) is 0 Å². The fraction of sp³-hybridized carbons (Fsp3) is 1.00. The molecule has 4 heteroatoms. The lowest BCUT2D eigenvalue weighted by molar-refractivity contribution is -1.21. The number of hydrogen-bond acceptors (Lipinski definition) is 0. The lowest BCUT2D eigenvalue weighted by atomic mass is 10.5. The highest BCUT2D eigenvalue weighted by atomic mass is 15.5. The Morgan fingerprint density at radius 2 is 0.667 bits per heavy atom. The van der Waals surface area contributed by atoms with Crippen molar-refractivity contribution < 1.29 is 19.6 Å². The highest BCUT2D eigenvalue weighted by Gasteiger charge is 2.40. The summed E-state index contributed by atoms with van der Waals surface area (Å²) < 4.78 is 0. The molecule has 4 bridgehead atoms. The molecule has 4 saturated heterocycles. The summed E-state index contributed by atoms with van der Waals surface area (Å²) in [6.45, 7) is 11.3. The molecule has 4 aliphatic heterocycles. The minimum absolute atomic E-state index is 1.40. The van der Waals surface area contributed by atoms with Gasteiger partial charge in [-0.25, -0.2) is 19.6 Å². The molecule has 4 heterocycles. The molecular weight excluding hydrogens is 152 g/mol. The van der Waals surface area contributed by atoms with E-state index in [1.165, 1.54) is 52.9 Å². The first kappa shape index (κ1) is 7.26. The minimum atomic E-state index is 1.40. The quantitative estimate of drug-likeness (QED) is 0.278. The fourth-order valence-electron chi connectivity index (χ4n) is 3.08. The summed E-state index contributed by atoms with van der Waals surface area (Å²) in [5.41, 5.74) is 0. The number of hydrogen-bond donors (Lipinski definition) is 4. The van der Waals surface area contributed by atoms with Gasteiger partial charge in [-0.15, -0.1) is 0 Å². The third-order valence-corrected chi connectivity index (χ3v) is 3.66. The van der Waals surface area contributed by atoms with Gasteiger partial charge in [-0.3, -0.25) is 0 Å². The molecule has 0 saturated carbocycles. The first-order chi connectivity index (χ1) is 5.90. The average molecular weight is 172 g/mol. The van der Waals surface area contributed by atoms with Crippen LogP contribution in [-0.2, 0) is 0 Å². The van der Waals surface area contributed by atoms with Crippen LogP contribution in [-0.4, -0.2) is 52.9 Å². The molecule has 4 rings (SSSR count). The predicted molar refractivity (Wildman–Crippen MR) is 42.8 cm³/mol. The number of rotatable bonds is 0. The van der Waals surface area contributed by atoms with Crippen molar-refractivity contribution in [1.82, 2.24) is 0 Å². The maximum Gasteiger partial charge on any atom is 0.213 e. The summed E-state index contributed by atoms with van der Waals surface area (Å²) in [5.74, 6) is 0. The van der Waals surface area contributed by atoms with Crippen molar-refractivity contribution in [2.24, 2.45) is 0 Å². The maximum absolute atomic E-state index is 1.85. The zero-order valence-electron chi connectivity index (χ0n) is 7.66. The van der Waals surface area contributed by atoms with Crippen molar-refractivity contribution >= 4 is 0 Å². The van der Waals surface area contributed by atoms with Gasteiger partial charge in [-0.05, 0) is 0 Å². The van der Waals surface area contributed by atoms with Crippen LogP contribution >= 0.6 is 0 Å². The van der Waals surface area contributed by atoms with Crippen LogP contribution in [0.4, 0.5) is 0 Å². The van der Waals surface area contributed by atoms with E-state index in [1.807, 2.05) is 19.6 Å². The average Bonchev–Trinajstić information content (AvgIpc) is 2.44. The van der Waals surface area contributed by atoms with E-state index >= 15 is 0 Å². The molecule has 68 valence electrons. The molecule has 0 aliphatic carbocycles. The van der Waals surface area contributed by atoms with Crippen LogP contribution in [0.2, 0.25) is 0 Å². The third kappa shape index (κ3) is 1.15. The van der Waals surface area contributed by atoms with E-state index in [2.05, 4.69) is 0 Å². The number of nitrogens with one attached hydrogen (secondary N) is 4. The fourth-order valence-corrected chi connectivity index (χ4v) is 3.08. The Balaban J connectivity index is 1.91. The van der Waals surface area contributed by atoms with Crippen molar-refractivity contribution in [3.63, 3.8) is 0 Å². The molecule has 0 amide bonds. The largest absolute Gasteiger partial charge is 0.237 e. The van der Waals surface area contributed by atoms with Crippen LogP contribution in [0.15, 0.2) is 0 Å². The van der Waals surface area contributed by atoms with E-state index in [1.54, 1.807) is 0 Å². The molecule has 12 heavy (non-hydrogen) atoms. The van der Waals surface area contributed by atoms with Gasteiger partial charge in [0.15, 0.2) is 0 Å². The van der Waals surface area contributed by atoms with E-state index in [9.17, 15) is 0 Å². The Labute approximate surface area is 73.3 Å². The first-order valence-corrected chi connectivity index (χ1v) is 5.24. The number of fused-ring (bicyclic) bond motifs is 2. The first-order valence-electron chi connectivity index (χ1n) is 5.24. The summed E-state index contributed by atoms with van der Waals surface area (Å²) in [7, 11) is 0. The van der Waals surface area contributed by atoms with Gasteiger partial charge < -0.3 is 0 Å². The van der Waals surface area contributed by atoms with Crippen molar-refractivity contribution in [2.45, 2.75) is 0 Å².